The van der Waals surface area contributed by atoms with Crippen LogP contribution in [0.1, 0.15) is 38.3 Å². The van der Waals surface area contributed by atoms with Gasteiger partial charge in [-0.3, -0.25) is 0 Å². The maximum absolute atomic E-state index is 9.62. The van der Waals surface area contributed by atoms with Crippen LogP contribution in [0.5, 0.6) is 5.75 Å². The first kappa shape index (κ1) is 16.0. The number of unbranched alkanes of at least 4 members (excludes halogenated alkanes) is 1. The van der Waals surface area contributed by atoms with Gasteiger partial charge in [-0.2, -0.15) is 9.78 Å². The van der Waals surface area contributed by atoms with Crippen molar-refractivity contribution in [2.45, 2.75) is 33.1 Å². The lowest BCUT2D eigenvalue weighted by atomic mass is 10.2. The molecule has 1 aliphatic heterocycles. The van der Waals surface area contributed by atoms with E-state index in [2.05, 4.69) is 27.2 Å². The van der Waals surface area contributed by atoms with Crippen LogP contribution in [0.3, 0.4) is 0 Å². The van der Waals surface area contributed by atoms with E-state index in [9.17, 15) is 5.11 Å². The van der Waals surface area contributed by atoms with E-state index in [1.807, 2.05) is 6.92 Å². The van der Waals surface area contributed by atoms with Crippen LogP contribution in [0.4, 0.5) is 5.69 Å². The molecule has 1 aliphatic rings. The largest absolute Gasteiger partial charge is 0.505 e. The summed E-state index contributed by atoms with van der Waals surface area (Å²) in [7, 11) is 0. The van der Waals surface area contributed by atoms with Crippen molar-refractivity contribution in [3.63, 3.8) is 0 Å². The van der Waals surface area contributed by atoms with Gasteiger partial charge in [0.25, 0.3) is 0 Å². The van der Waals surface area contributed by atoms with E-state index >= 15 is 0 Å². The smallest absolute Gasteiger partial charge is 0.205 e. The van der Waals surface area contributed by atoms with Crippen LogP contribution in [0.2, 0.25) is 10.0 Å². The van der Waals surface area contributed by atoms with Gasteiger partial charge >= 0.3 is 0 Å². The third-order valence-corrected chi connectivity index (χ3v) is 4.08. The lowest BCUT2D eigenvalue weighted by Crippen LogP contribution is -2.08. The first-order valence-electron chi connectivity index (χ1n) is 7.28. The standard InChI is InChI=1S/C15H15Cl2N5O/c1-3-4-5-12-19-20-15-13(8(2)21-22(12)15)18-9-6-10(16)14(23)11(17)7-9/h6-7,23H,3-5H2,1-2H3. The molecule has 2 heterocycles. The van der Waals surface area contributed by atoms with E-state index in [0.717, 1.165) is 30.8 Å². The Hall–Kier alpha value is -1.92. The number of hydrogen-bond donors (Lipinski definition) is 1. The number of aliphatic imine (C=N–C) groups is 1. The average Bonchev–Trinajstić information content (AvgIpc) is 3.03. The molecule has 0 aliphatic carbocycles. The molecule has 0 atom stereocenters. The summed E-state index contributed by atoms with van der Waals surface area (Å²) in [5.41, 5.74) is 1.89. The Morgan fingerprint density at radius 2 is 1.91 bits per heavy atom. The number of fused-ring (bicyclic) bond motifs is 1. The second kappa shape index (κ2) is 6.29. The number of benzene rings is 1. The normalized spacial score (nSPS) is 15.1. The van der Waals surface area contributed by atoms with E-state index in [0.29, 0.717) is 17.2 Å². The fourth-order valence-corrected chi connectivity index (χ4v) is 2.77. The number of aryl methyl sites for hydroxylation is 1. The highest BCUT2D eigenvalue weighted by Gasteiger charge is 2.25. The topological polar surface area (TPSA) is 75.7 Å². The monoisotopic (exact) mass is 351 g/mol. The highest BCUT2D eigenvalue weighted by atomic mass is 35.5. The summed E-state index contributed by atoms with van der Waals surface area (Å²) in [5.74, 6) is 1.28. The fraction of sp³-hybridized carbons (Fsp3) is 0.333. The number of rotatable bonds is 4. The Balaban J connectivity index is 2.00. The Labute approximate surface area is 143 Å². The van der Waals surface area contributed by atoms with Gasteiger partial charge in [0.1, 0.15) is 5.71 Å². The molecule has 0 saturated carbocycles. The minimum Gasteiger partial charge on any atom is -0.505 e. The van der Waals surface area contributed by atoms with Crippen LogP contribution in [-0.2, 0) is 6.42 Å². The molecule has 6 nitrogen and oxygen atoms in total. The molecule has 0 unspecified atom stereocenters. The van der Waals surface area contributed by atoms with Gasteiger partial charge < -0.3 is 5.11 Å². The minimum absolute atomic E-state index is 0.148. The van der Waals surface area contributed by atoms with Crippen molar-refractivity contribution in [1.82, 2.24) is 14.9 Å². The van der Waals surface area contributed by atoms with Crippen molar-refractivity contribution < 1.29 is 5.11 Å². The summed E-state index contributed by atoms with van der Waals surface area (Å²) in [5, 5.41) is 22.8. The molecule has 8 heteroatoms. The molecule has 23 heavy (non-hydrogen) atoms. The summed E-state index contributed by atoms with van der Waals surface area (Å²) in [6.07, 6.45) is 2.93. The van der Waals surface area contributed by atoms with Crippen LogP contribution in [0, 0.1) is 0 Å². The van der Waals surface area contributed by atoms with Gasteiger partial charge in [0.15, 0.2) is 11.6 Å². The molecule has 0 spiro atoms. The first-order chi connectivity index (χ1) is 11.0. The second-order valence-electron chi connectivity index (χ2n) is 5.26. The van der Waals surface area contributed by atoms with Gasteiger partial charge in [0.2, 0.25) is 5.82 Å². The molecule has 2 aromatic rings. The van der Waals surface area contributed by atoms with E-state index in [1.165, 1.54) is 0 Å². The van der Waals surface area contributed by atoms with Gasteiger partial charge in [-0.25, -0.2) is 4.99 Å². The number of phenols is 1. The van der Waals surface area contributed by atoms with Gasteiger partial charge in [0, 0.05) is 6.42 Å². The van der Waals surface area contributed by atoms with Crippen molar-refractivity contribution in [1.29, 1.82) is 0 Å². The van der Waals surface area contributed by atoms with Crippen LogP contribution in [-0.4, -0.2) is 31.4 Å². The maximum Gasteiger partial charge on any atom is 0.205 e. The van der Waals surface area contributed by atoms with Crippen molar-refractivity contribution in [2.24, 2.45) is 10.1 Å². The zero-order chi connectivity index (χ0) is 16.6. The molecule has 0 fully saturated rings. The summed E-state index contributed by atoms with van der Waals surface area (Å²) >= 11 is 11.9. The van der Waals surface area contributed by atoms with Crippen molar-refractivity contribution >= 4 is 40.3 Å². The van der Waals surface area contributed by atoms with Crippen LogP contribution >= 0.6 is 23.2 Å². The Morgan fingerprint density at radius 3 is 2.57 bits per heavy atom. The third-order valence-electron chi connectivity index (χ3n) is 3.51. The maximum atomic E-state index is 9.62. The summed E-state index contributed by atoms with van der Waals surface area (Å²) in [4.78, 5) is 4.52. The van der Waals surface area contributed by atoms with Crippen molar-refractivity contribution in [3.05, 3.63) is 33.8 Å². The van der Waals surface area contributed by atoms with Crippen LogP contribution < -0.4 is 0 Å². The predicted molar refractivity (Wildman–Crippen MR) is 91.5 cm³/mol. The van der Waals surface area contributed by atoms with Gasteiger partial charge in [-0.15, -0.1) is 10.2 Å². The van der Waals surface area contributed by atoms with E-state index in [-0.39, 0.29) is 15.8 Å². The lowest BCUT2D eigenvalue weighted by Gasteiger charge is -2.02. The summed E-state index contributed by atoms with van der Waals surface area (Å²) < 4.78 is 1.73. The average molecular weight is 352 g/mol. The minimum atomic E-state index is -0.154. The highest BCUT2D eigenvalue weighted by molar-refractivity contribution is 6.48. The molecule has 0 bridgehead atoms. The number of phenolic OH excluding ortho intramolecular Hbond substituents is 1. The number of aromatic nitrogens is 3. The third kappa shape index (κ3) is 2.96. The van der Waals surface area contributed by atoms with E-state index < -0.39 is 0 Å². The molecule has 0 saturated heterocycles. The number of halogens is 2. The molecule has 3 rings (SSSR count). The Kier molecular flexibility index (Phi) is 4.37. The van der Waals surface area contributed by atoms with Gasteiger partial charge in [-0.1, -0.05) is 36.5 Å². The SMILES string of the molecule is CCCCc1nnc2n1N=C(C)C2=Nc1cc(Cl)c(O)c(Cl)c1. The second-order valence-corrected chi connectivity index (χ2v) is 6.07. The molecule has 1 N–H and O–H groups in total. The lowest BCUT2D eigenvalue weighted by molar-refractivity contribution is 0.476. The number of aromatic hydroxyl groups is 1. The molecule has 1 aromatic heterocycles. The molecular formula is C15H15Cl2N5O. The summed E-state index contributed by atoms with van der Waals surface area (Å²) in [6.45, 7) is 3.99. The number of nitrogens with zero attached hydrogens (tertiary/aromatic N) is 5. The Morgan fingerprint density at radius 1 is 1.22 bits per heavy atom. The Bertz CT molecular complexity index is 802. The zero-order valence-corrected chi connectivity index (χ0v) is 14.2. The first-order valence-corrected chi connectivity index (χ1v) is 8.04. The fourth-order valence-electron chi connectivity index (χ4n) is 2.29. The number of hydrogen-bond acceptors (Lipinski definition) is 5. The molecule has 120 valence electrons. The van der Waals surface area contributed by atoms with E-state index in [1.54, 1.807) is 16.8 Å². The zero-order valence-electron chi connectivity index (χ0n) is 12.7. The highest BCUT2D eigenvalue weighted by Crippen LogP contribution is 2.36. The molecule has 1 aromatic carbocycles. The molecule has 0 amide bonds. The van der Waals surface area contributed by atoms with Gasteiger partial charge in [-0.05, 0) is 25.5 Å². The summed E-state index contributed by atoms with van der Waals surface area (Å²) in [6, 6.07) is 3.08. The van der Waals surface area contributed by atoms with Crippen LogP contribution in [0.25, 0.3) is 0 Å². The van der Waals surface area contributed by atoms with Crippen molar-refractivity contribution in [2.75, 3.05) is 0 Å². The molecular weight excluding hydrogens is 337 g/mol. The van der Waals surface area contributed by atoms with Gasteiger partial charge in [0.05, 0.1) is 21.4 Å². The quantitative estimate of drug-likeness (QED) is 0.904. The molecule has 0 radical (unpaired) electrons. The predicted octanol–water partition coefficient (Wildman–Crippen LogP) is 3.99. The van der Waals surface area contributed by atoms with Crippen LogP contribution in [0.15, 0.2) is 22.2 Å². The van der Waals surface area contributed by atoms with Crippen molar-refractivity contribution in [3.8, 4) is 5.75 Å². The van der Waals surface area contributed by atoms with E-state index in [4.69, 9.17) is 23.2 Å².